The summed E-state index contributed by atoms with van der Waals surface area (Å²) in [6, 6.07) is 1.03. The Labute approximate surface area is 104 Å². The lowest BCUT2D eigenvalue weighted by Crippen LogP contribution is -2.35. The highest BCUT2D eigenvalue weighted by molar-refractivity contribution is 4.94. The normalized spacial score (nSPS) is 30.0. The van der Waals surface area contributed by atoms with Gasteiger partial charge in [-0.05, 0) is 5.53 Å². The van der Waals surface area contributed by atoms with Crippen LogP contribution in [0.5, 0.6) is 0 Å². The van der Waals surface area contributed by atoms with Crippen molar-refractivity contribution in [2.75, 3.05) is 6.54 Å². The number of nitrogens with one attached hydrogen (secondary N) is 1. The molecule has 0 spiro atoms. The van der Waals surface area contributed by atoms with Gasteiger partial charge in [0.2, 0.25) is 0 Å². The molecular formula is C9H10FN5O4. The van der Waals surface area contributed by atoms with Crippen LogP contribution in [0.2, 0.25) is 0 Å². The fourth-order valence-corrected chi connectivity index (χ4v) is 1.82. The highest BCUT2D eigenvalue weighted by Gasteiger charge is 2.45. The molecule has 1 aromatic rings. The molecule has 102 valence electrons. The molecule has 0 saturated carbocycles. The van der Waals surface area contributed by atoms with Gasteiger partial charge in [0.15, 0.2) is 12.4 Å². The minimum absolute atomic E-state index is 0.257. The van der Waals surface area contributed by atoms with E-state index in [1.807, 2.05) is 4.98 Å². The third kappa shape index (κ3) is 2.50. The predicted octanol–water partition coefficient (Wildman–Crippen LogP) is -0.557. The second-order valence-electron chi connectivity index (χ2n) is 3.93. The number of H-pyrrole nitrogens is 1. The first kappa shape index (κ1) is 13.3. The molecule has 1 aliphatic heterocycles. The quantitative estimate of drug-likeness (QED) is 0.433. The monoisotopic (exact) mass is 271 g/mol. The predicted molar refractivity (Wildman–Crippen MR) is 60.1 cm³/mol. The molecule has 1 fully saturated rings. The molecule has 4 atom stereocenters. The van der Waals surface area contributed by atoms with Crippen molar-refractivity contribution in [2.24, 2.45) is 5.11 Å². The van der Waals surface area contributed by atoms with Gasteiger partial charge in [0, 0.05) is 17.2 Å². The molecule has 0 aliphatic carbocycles. The summed E-state index contributed by atoms with van der Waals surface area (Å²) < 4.78 is 19.8. The van der Waals surface area contributed by atoms with Gasteiger partial charge in [-0.15, -0.1) is 0 Å². The molecule has 0 bridgehead atoms. The van der Waals surface area contributed by atoms with Crippen LogP contribution < -0.4 is 11.2 Å². The maximum Gasteiger partial charge on any atom is 0.330 e. The largest absolute Gasteiger partial charge is 0.387 e. The zero-order valence-corrected chi connectivity index (χ0v) is 9.51. The van der Waals surface area contributed by atoms with Crippen molar-refractivity contribution in [3.8, 4) is 0 Å². The number of aromatic nitrogens is 2. The topological polar surface area (TPSA) is 133 Å². The van der Waals surface area contributed by atoms with Crippen molar-refractivity contribution in [1.82, 2.24) is 9.55 Å². The molecule has 0 amide bonds. The van der Waals surface area contributed by atoms with E-state index in [0.717, 1.165) is 16.8 Å². The van der Waals surface area contributed by atoms with E-state index in [9.17, 15) is 19.1 Å². The maximum absolute atomic E-state index is 13.9. The highest BCUT2D eigenvalue weighted by atomic mass is 19.1. The Bertz CT molecular complexity index is 622. The Kier molecular flexibility index (Phi) is 3.65. The van der Waals surface area contributed by atoms with Crippen LogP contribution in [-0.2, 0) is 4.74 Å². The van der Waals surface area contributed by atoms with Crippen LogP contribution in [0.3, 0.4) is 0 Å². The Morgan fingerprint density at radius 3 is 3.00 bits per heavy atom. The smallest absolute Gasteiger partial charge is 0.330 e. The number of azide groups is 1. The fraction of sp³-hybridized carbons (Fsp3) is 0.556. The van der Waals surface area contributed by atoms with Crippen LogP contribution in [0.25, 0.3) is 10.4 Å². The number of aliphatic hydroxyl groups excluding tert-OH is 1. The van der Waals surface area contributed by atoms with Gasteiger partial charge >= 0.3 is 5.69 Å². The van der Waals surface area contributed by atoms with Gasteiger partial charge in [0.25, 0.3) is 5.56 Å². The van der Waals surface area contributed by atoms with Crippen LogP contribution in [0, 0.1) is 0 Å². The summed E-state index contributed by atoms with van der Waals surface area (Å²) in [7, 11) is 0. The molecule has 0 radical (unpaired) electrons. The first-order valence-corrected chi connectivity index (χ1v) is 5.34. The summed E-state index contributed by atoms with van der Waals surface area (Å²) in [5.74, 6) is 0. The fourth-order valence-electron chi connectivity index (χ4n) is 1.82. The number of aromatic amines is 1. The number of hydrogen-bond donors (Lipinski definition) is 2. The highest BCUT2D eigenvalue weighted by Crippen LogP contribution is 2.30. The maximum atomic E-state index is 13.9. The summed E-state index contributed by atoms with van der Waals surface area (Å²) in [6.07, 6.45) is -4.74. The van der Waals surface area contributed by atoms with E-state index >= 15 is 0 Å². The van der Waals surface area contributed by atoms with Crippen molar-refractivity contribution in [2.45, 2.75) is 24.6 Å². The van der Waals surface area contributed by atoms with Gasteiger partial charge in [0.1, 0.15) is 6.10 Å². The molecule has 9 nitrogen and oxygen atoms in total. The Morgan fingerprint density at radius 1 is 1.63 bits per heavy atom. The molecular weight excluding hydrogens is 261 g/mol. The van der Waals surface area contributed by atoms with E-state index in [1.165, 1.54) is 0 Å². The Morgan fingerprint density at radius 2 is 2.37 bits per heavy atom. The first-order valence-electron chi connectivity index (χ1n) is 5.34. The minimum Gasteiger partial charge on any atom is -0.387 e. The van der Waals surface area contributed by atoms with Crippen LogP contribution in [0.4, 0.5) is 4.39 Å². The van der Waals surface area contributed by atoms with Gasteiger partial charge in [-0.25, -0.2) is 9.18 Å². The summed E-state index contributed by atoms with van der Waals surface area (Å²) >= 11 is 0. The van der Waals surface area contributed by atoms with Gasteiger partial charge < -0.3 is 9.84 Å². The van der Waals surface area contributed by atoms with E-state index < -0.39 is 35.9 Å². The van der Waals surface area contributed by atoms with Crippen molar-refractivity contribution in [3.05, 3.63) is 43.5 Å². The summed E-state index contributed by atoms with van der Waals surface area (Å²) in [5, 5.41) is 12.8. The molecule has 2 heterocycles. The standard InChI is InChI=1S/C9H10FN5O4/c10-6-7(17)4(3-12-14-11)19-8(6)15-2-1-5(16)13-9(15)18/h1-2,4,6-8,17H,3H2,(H,13,16,18). The molecule has 0 aromatic carbocycles. The average molecular weight is 271 g/mol. The second-order valence-corrected chi connectivity index (χ2v) is 3.93. The molecule has 2 rings (SSSR count). The van der Waals surface area contributed by atoms with Crippen LogP contribution in [0.1, 0.15) is 6.23 Å². The van der Waals surface area contributed by atoms with Gasteiger partial charge in [-0.1, -0.05) is 5.11 Å². The van der Waals surface area contributed by atoms with Gasteiger partial charge in [0.05, 0.1) is 12.6 Å². The van der Waals surface area contributed by atoms with Crippen LogP contribution in [-0.4, -0.2) is 39.6 Å². The van der Waals surface area contributed by atoms with Crippen LogP contribution in [0.15, 0.2) is 27.0 Å². The third-order valence-corrected chi connectivity index (χ3v) is 2.74. The number of halogens is 1. The molecule has 1 aromatic heterocycles. The molecule has 2 N–H and O–H groups in total. The Hall–Kier alpha value is -2.16. The zero-order chi connectivity index (χ0) is 14.0. The van der Waals surface area contributed by atoms with E-state index in [2.05, 4.69) is 10.0 Å². The number of rotatable bonds is 3. The zero-order valence-electron chi connectivity index (χ0n) is 9.51. The summed E-state index contributed by atoms with van der Waals surface area (Å²) in [6.45, 7) is -0.257. The number of ether oxygens (including phenoxy) is 1. The lowest BCUT2D eigenvalue weighted by atomic mass is 10.1. The van der Waals surface area contributed by atoms with E-state index in [1.54, 1.807) is 0 Å². The Balaban J connectivity index is 2.28. The van der Waals surface area contributed by atoms with E-state index in [-0.39, 0.29) is 6.54 Å². The lowest BCUT2D eigenvalue weighted by molar-refractivity contribution is -0.0224. The van der Waals surface area contributed by atoms with Gasteiger partial charge in [-0.3, -0.25) is 14.3 Å². The summed E-state index contributed by atoms with van der Waals surface area (Å²) in [4.78, 5) is 26.8. The number of nitrogens with zero attached hydrogens (tertiary/aromatic N) is 4. The van der Waals surface area contributed by atoms with Gasteiger partial charge in [-0.2, -0.15) is 0 Å². The molecule has 1 saturated heterocycles. The average Bonchev–Trinajstić information content (AvgIpc) is 2.64. The number of aliphatic hydroxyl groups is 1. The van der Waals surface area contributed by atoms with Crippen molar-refractivity contribution >= 4 is 0 Å². The third-order valence-electron chi connectivity index (χ3n) is 2.74. The first-order chi connectivity index (χ1) is 9.04. The van der Waals surface area contributed by atoms with Crippen molar-refractivity contribution < 1.29 is 14.2 Å². The minimum atomic E-state index is -1.87. The van der Waals surface area contributed by atoms with Crippen LogP contribution >= 0.6 is 0 Å². The van der Waals surface area contributed by atoms with E-state index in [0.29, 0.717) is 0 Å². The number of hydrogen-bond acceptors (Lipinski definition) is 5. The number of alkyl halides is 1. The lowest BCUT2D eigenvalue weighted by Gasteiger charge is -2.15. The van der Waals surface area contributed by atoms with Crippen molar-refractivity contribution in [1.29, 1.82) is 0 Å². The molecule has 1 aliphatic rings. The van der Waals surface area contributed by atoms with E-state index in [4.69, 9.17) is 10.3 Å². The van der Waals surface area contributed by atoms with Crippen molar-refractivity contribution in [3.63, 3.8) is 0 Å². The second kappa shape index (κ2) is 5.22. The molecule has 10 heteroatoms. The molecule has 4 unspecified atom stereocenters. The summed E-state index contributed by atoms with van der Waals surface area (Å²) in [5.41, 5.74) is 6.69. The molecule has 19 heavy (non-hydrogen) atoms. The SMILES string of the molecule is [N-]=[N+]=NCC1OC(n2ccc(=O)[nH]c2=O)C(F)C1O.